The maximum Gasteiger partial charge on any atom is 0.435 e. The molecule has 0 spiro atoms. The number of rotatable bonds is 3. The van der Waals surface area contributed by atoms with Crippen LogP contribution in [-0.2, 0) is 17.5 Å². The minimum absolute atomic E-state index is 0.0571. The van der Waals surface area contributed by atoms with E-state index in [1.54, 1.807) is 0 Å². The number of nitrogens with zero attached hydrogens (tertiary/aromatic N) is 2. The summed E-state index contributed by atoms with van der Waals surface area (Å²) in [4.78, 5) is 0. The summed E-state index contributed by atoms with van der Waals surface area (Å²) in [6, 6.07) is 1.07. The Balaban J connectivity index is 2.29. The molecular formula is C10H12F3N3O. The third kappa shape index (κ3) is 2.59. The summed E-state index contributed by atoms with van der Waals surface area (Å²) in [5.74, 6) is 0.0342. The molecule has 0 radical (unpaired) electrons. The largest absolute Gasteiger partial charge is 0.483 e. The molecule has 0 bridgehead atoms. The molecule has 1 aromatic rings. The van der Waals surface area contributed by atoms with Crippen LogP contribution in [0.25, 0.3) is 0 Å². The second kappa shape index (κ2) is 4.05. The molecule has 1 aromatic heterocycles. The van der Waals surface area contributed by atoms with Crippen molar-refractivity contribution in [1.82, 2.24) is 9.78 Å². The van der Waals surface area contributed by atoms with E-state index in [-0.39, 0.29) is 18.4 Å². The van der Waals surface area contributed by atoms with Crippen molar-refractivity contribution < 1.29 is 17.9 Å². The van der Waals surface area contributed by atoms with Gasteiger partial charge in [-0.15, -0.1) is 0 Å². The van der Waals surface area contributed by atoms with Crippen molar-refractivity contribution in [2.75, 3.05) is 7.11 Å². The number of methoxy groups -OCH3 is 1. The molecule has 1 aliphatic carbocycles. The third-order valence-corrected chi connectivity index (χ3v) is 2.64. The van der Waals surface area contributed by atoms with Crippen LogP contribution in [0.2, 0.25) is 0 Å². The van der Waals surface area contributed by atoms with Crippen LogP contribution in [0.3, 0.4) is 0 Å². The quantitative estimate of drug-likeness (QED) is 0.658. The van der Waals surface area contributed by atoms with Gasteiger partial charge >= 0.3 is 6.18 Å². The van der Waals surface area contributed by atoms with E-state index in [9.17, 15) is 13.2 Å². The molecule has 94 valence electrons. The second-order valence-corrected chi connectivity index (χ2v) is 4.01. The zero-order valence-electron chi connectivity index (χ0n) is 9.21. The molecule has 1 N–H and O–H groups in total. The first kappa shape index (κ1) is 11.9. The van der Waals surface area contributed by atoms with Crippen molar-refractivity contribution in [3.05, 3.63) is 17.5 Å². The number of ether oxygens (including phenoxy) is 1. The van der Waals surface area contributed by atoms with Gasteiger partial charge < -0.3 is 4.74 Å². The molecule has 2 rings (SSSR count). The fourth-order valence-corrected chi connectivity index (χ4v) is 1.60. The summed E-state index contributed by atoms with van der Waals surface area (Å²) in [7, 11) is 1.31. The zero-order valence-corrected chi connectivity index (χ0v) is 9.21. The van der Waals surface area contributed by atoms with Gasteiger partial charge in [-0.3, -0.25) is 10.1 Å². The van der Waals surface area contributed by atoms with Crippen molar-refractivity contribution in [3.63, 3.8) is 0 Å². The molecule has 0 aliphatic heterocycles. The lowest BCUT2D eigenvalue weighted by Gasteiger charge is -2.06. The van der Waals surface area contributed by atoms with Crippen molar-refractivity contribution in [3.8, 4) is 0 Å². The van der Waals surface area contributed by atoms with Gasteiger partial charge in [-0.25, -0.2) is 0 Å². The van der Waals surface area contributed by atoms with Crippen molar-refractivity contribution in [1.29, 1.82) is 5.41 Å². The van der Waals surface area contributed by atoms with Crippen LogP contribution < -0.4 is 0 Å². The predicted molar refractivity (Wildman–Crippen MR) is 53.9 cm³/mol. The van der Waals surface area contributed by atoms with Crippen LogP contribution in [0, 0.1) is 5.41 Å². The normalized spacial score (nSPS) is 16.0. The fourth-order valence-electron chi connectivity index (χ4n) is 1.60. The minimum atomic E-state index is -4.44. The Morgan fingerprint density at radius 2 is 2.24 bits per heavy atom. The molecule has 0 unspecified atom stereocenters. The first-order chi connectivity index (χ1) is 7.91. The van der Waals surface area contributed by atoms with Gasteiger partial charge in [-0.1, -0.05) is 0 Å². The number of nitrogens with one attached hydrogen (secondary N) is 1. The molecule has 1 saturated carbocycles. The highest BCUT2D eigenvalue weighted by Crippen LogP contribution is 2.42. The predicted octanol–water partition coefficient (Wildman–Crippen LogP) is 2.40. The Morgan fingerprint density at radius 3 is 2.71 bits per heavy atom. The minimum Gasteiger partial charge on any atom is -0.483 e. The highest BCUT2D eigenvalue weighted by Gasteiger charge is 2.37. The molecule has 0 atom stereocenters. The summed E-state index contributed by atoms with van der Waals surface area (Å²) < 4.78 is 43.4. The monoisotopic (exact) mass is 247 g/mol. The number of hydrogen-bond acceptors (Lipinski definition) is 3. The molecule has 0 aromatic carbocycles. The first-order valence-electron chi connectivity index (χ1n) is 5.18. The van der Waals surface area contributed by atoms with Crippen molar-refractivity contribution >= 4 is 5.90 Å². The summed E-state index contributed by atoms with van der Waals surface area (Å²) >= 11 is 0. The maximum absolute atomic E-state index is 12.5. The van der Waals surface area contributed by atoms with Gasteiger partial charge in [-0.05, 0) is 18.9 Å². The second-order valence-electron chi connectivity index (χ2n) is 4.01. The van der Waals surface area contributed by atoms with E-state index in [4.69, 9.17) is 5.41 Å². The van der Waals surface area contributed by atoms with Crippen LogP contribution in [0.5, 0.6) is 0 Å². The van der Waals surface area contributed by atoms with E-state index in [0.29, 0.717) is 5.69 Å². The third-order valence-electron chi connectivity index (χ3n) is 2.64. The lowest BCUT2D eigenvalue weighted by molar-refractivity contribution is -0.141. The van der Waals surface area contributed by atoms with E-state index in [1.807, 2.05) is 0 Å². The summed E-state index contributed by atoms with van der Waals surface area (Å²) in [5.41, 5.74) is -0.359. The fraction of sp³-hybridized carbons (Fsp3) is 0.600. The number of halogens is 3. The van der Waals surface area contributed by atoms with E-state index in [2.05, 4.69) is 9.84 Å². The molecule has 1 fully saturated rings. The van der Waals surface area contributed by atoms with Crippen LogP contribution >= 0.6 is 0 Å². The number of hydrogen-bond donors (Lipinski definition) is 1. The van der Waals surface area contributed by atoms with E-state index < -0.39 is 11.9 Å². The van der Waals surface area contributed by atoms with Gasteiger partial charge in [0.1, 0.15) is 6.54 Å². The lowest BCUT2D eigenvalue weighted by atomic mass is 10.2. The lowest BCUT2D eigenvalue weighted by Crippen LogP contribution is -2.15. The van der Waals surface area contributed by atoms with Gasteiger partial charge in [0.15, 0.2) is 5.69 Å². The maximum atomic E-state index is 12.5. The number of alkyl halides is 3. The van der Waals surface area contributed by atoms with Gasteiger partial charge in [-0.2, -0.15) is 18.3 Å². The molecule has 0 amide bonds. The Hall–Kier alpha value is -1.53. The standard InChI is InChI=1S/C10H12F3N3O/c1-17-9(14)5-16-7(6-2-3-6)4-8(15-16)10(11,12)13/h4,6,14H,2-3,5H2,1H3. The van der Waals surface area contributed by atoms with Crippen LogP contribution in [-0.4, -0.2) is 22.8 Å². The molecule has 7 heteroatoms. The van der Waals surface area contributed by atoms with Crippen molar-refractivity contribution in [2.24, 2.45) is 0 Å². The molecule has 1 aliphatic rings. The Labute approximate surface area is 95.9 Å². The van der Waals surface area contributed by atoms with E-state index in [1.165, 1.54) is 11.8 Å². The van der Waals surface area contributed by atoms with Crippen LogP contribution in [0.15, 0.2) is 6.07 Å². The molecular weight excluding hydrogens is 235 g/mol. The smallest absolute Gasteiger partial charge is 0.435 e. The SMILES string of the molecule is COC(=N)Cn1nc(C(F)(F)F)cc1C1CC1. The van der Waals surface area contributed by atoms with Gasteiger partial charge in [0.05, 0.1) is 7.11 Å². The van der Waals surface area contributed by atoms with Gasteiger partial charge in [0.2, 0.25) is 5.90 Å². The van der Waals surface area contributed by atoms with Crippen LogP contribution in [0.1, 0.15) is 30.1 Å². The molecule has 4 nitrogen and oxygen atoms in total. The first-order valence-corrected chi connectivity index (χ1v) is 5.18. The highest BCUT2D eigenvalue weighted by atomic mass is 19.4. The van der Waals surface area contributed by atoms with Gasteiger partial charge in [0.25, 0.3) is 0 Å². The Bertz CT molecular complexity index is 434. The van der Waals surface area contributed by atoms with E-state index >= 15 is 0 Å². The Morgan fingerprint density at radius 1 is 1.59 bits per heavy atom. The summed E-state index contributed by atoms with van der Waals surface area (Å²) in [5, 5.41) is 10.8. The van der Waals surface area contributed by atoms with E-state index in [0.717, 1.165) is 18.9 Å². The molecule has 0 saturated heterocycles. The summed E-state index contributed by atoms with van der Waals surface area (Å²) in [6.07, 6.45) is -2.68. The van der Waals surface area contributed by atoms with Crippen molar-refractivity contribution in [2.45, 2.75) is 31.5 Å². The highest BCUT2D eigenvalue weighted by molar-refractivity contribution is 5.72. The average molecular weight is 247 g/mol. The Kier molecular flexibility index (Phi) is 2.84. The topological polar surface area (TPSA) is 50.9 Å². The average Bonchev–Trinajstić information content (AvgIpc) is 2.99. The van der Waals surface area contributed by atoms with Gasteiger partial charge in [0, 0.05) is 11.6 Å². The molecule has 17 heavy (non-hydrogen) atoms. The summed E-state index contributed by atoms with van der Waals surface area (Å²) in [6.45, 7) is -0.0571. The molecule has 1 heterocycles. The van der Waals surface area contributed by atoms with Crippen LogP contribution in [0.4, 0.5) is 13.2 Å². The zero-order chi connectivity index (χ0) is 12.6. The number of aromatic nitrogens is 2.